The van der Waals surface area contributed by atoms with Crippen molar-refractivity contribution < 1.29 is 4.79 Å². The van der Waals surface area contributed by atoms with E-state index in [0.29, 0.717) is 10.6 Å². The number of hydrogen-bond donors (Lipinski definition) is 1. The molecule has 0 saturated carbocycles. The summed E-state index contributed by atoms with van der Waals surface area (Å²) in [5, 5.41) is 0.628. The molecule has 0 unspecified atom stereocenters. The van der Waals surface area contributed by atoms with Crippen LogP contribution in [0.5, 0.6) is 0 Å². The molecule has 1 aromatic heterocycles. The van der Waals surface area contributed by atoms with Crippen molar-refractivity contribution in [2.45, 2.75) is 47.5 Å². The first-order valence-electron chi connectivity index (χ1n) is 8.66. The third-order valence-electron chi connectivity index (χ3n) is 4.40. The minimum atomic E-state index is 0.0637. The van der Waals surface area contributed by atoms with Crippen LogP contribution in [-0.4, -0.2) is 23.9 Å². The van der Waals surface area contributed by atoms with Gasteiger partial charge in [-0.1, -0.05) is 32.0 Å². The van der Waals surface area contributed by atoms with Gasteiger partial charge in [0, 0.05) is 23.5 Å². The standard InChI is InChI=1S/C20H28N2OS/c1-6-10-22(11-7-2)20(23)18-17(15(5)24-19(18)21)16-9-8-13(3)14(4)12-16/h8-9,12H,6-7,10-11,21H2,1-5H3. The number of aryl methyl sites for hydroxylation is 3. The molecule has 2 N–H and O–H groups in total. The normalized spacial score (nSPS) is 10.9. The zero-order chi connectivity index (χ0) is 17.9. The lowest BCUT2D eigenvalue weighted by Crippen LogP contribution is -2.33. The molecule has 2 aromatic rings. The van der Waals surface area contributed by atoms with Gasteiger partial charge in [-0.15, -0.1) is 11.3 Å². The fraction of sp³-hybridized carbons (Fsp3) is 0.450. The minimum absolute atomic E-state index is 0.0637. The van der Waals surface area contributed by atoms with Crippen LogP contribution >= 0.6 is 11.3 Å². The van der Waals surface area contributed by atoms with Gasteiger partial charge < -0.3 is 10.6 Å². The van der Waals surface area contributed by atoms with Crippen molar-refractivity contribution in [3.63, 3.8) is 0 Å². The van der Waals surface area contributed by atoms with E-state index in [-0.39, 0.29) is 5.91 Å². The summed E-state index contributed by atoms with van der Waals surface area (Å²) >= 11 is 1.51. The SMILES string of the molecule is CCCN(CCC)C(=O)c1c(N)sc(C)c1-c1ccc(C)c(C)c1. The molecule has 24 heavy (non-hydrogen) atoms. The van der Waals surface area contributed by atoms with E-state index in [1.807, 2.05) is 11.8 Å². The van der Waals surface area contributed by atoms with Gasteiger partial charge in [0.15, 0.2) is 0 Å². The Balaban J connectivity index is 2.54. The lowest BCUT2D eigenvalue weighted by Gasteiger charge is -2.22. The molecule has 0 saturated heterocycles. The summed E-state index contributed by atoms with van der Waals surface area (Å²) in [5.41, 5.74) is 11.5. The van der Waals surface area contributed by atoms with Gasteiger partial charge in [0.1, 0.15) is 0 Å². The number of rotatable bonds is 6. The van der Waals surface area contributed by atoms with Gasteiger partial charge in [-0.05, 0) is 50.3 Å². The predicted octanol–water partition coefficient (Wildman–Crippen LogP) is 5.18. The number of nitrogen functional groups attached to an aromatic ring is 1. The molecule has 2 rings (SSSR count). The van der Waals surface area contributed by atoms with Crippen molar-refractivity contribution in [1.29, 1.82) is 0 Å². The average Bonchev–Trinajstić information content (AvgIpc) is 2.83. The Bertz CT molecular complexity index is 727. The number of carbonyl (C=O) groups excluding carboxylic acids is 1. The number of benzene rings is 1. The smallest absolute Gasteiger partial charge is 0.257 e. The lowest BCUT2D eigenvalue weighted by molar-refractivity contribution is 0.0758. The molecule has 0 radical (unpaired) electrons. The van der Waals surface area contributed by atoms with Crippen molar-refractivity contribution in [2.24, 2.45) is 0 Å². The molecule has 0 bridgehead atoms. The molecule has 0 aliphatic heterocycles. The van der Waals surface area contributed by atoms with E-state index >= 15 is 0 Å². The number of anilines is 1. The van der Waals surface area contributed by atoms with E-state index in [9.17, 15) is 4.79 Å². The van der Waals surface area contributed by atoms with Crippen LogP contribution < -0.4 is 5.73 Å². The summed E-state index contributed by atoms with van der Waals surface area (Å²) in [6.07, 6.45) is 1.90. The predicted molar refractivity (Wildman–Crippen MR) is 105 cm³/mol. The van der Waals surface area contributed by atoms with E-state index < -0.39 is 0 Å². The highest BCUT2D eigenvalue weighted by atomic mass is 32.1. The Hall–Kier alpha value is -1.81. The topological polar surface area (TPSA) is 46.3 Å². The summed E-state index contributed by atoms with van der Waals surface area (Å²) in [4.78, 5) is 16.2. The van der Waals surface area contributed by atoms with Crippen molar-refractivity contribution in [2.75, 3.05) is 18.8 Å². The molecule has 0 aliphatic rings. The Labute approximate surface area is 149 Å². The van der Waals surface area contributed by atoms with Crippen LogP contribution in [0.15, 0.2) is 18.2 Å². The Morgan fingerprint density at radius 3 is 2.25 bits per heavy atom. The molecule has 3 nitrogen and oxygen atoms in total. The second-order valence-corrected chi connectivity index (χ2v) is 7.62. The number of amides is 1. The van der Waals surface area contributed by atoms with Crippen LogP contribution in [0, 0.1) is 20.8 Å². The van der Waals surface area contributed by atoms with Crippen LogP contribution in [0.1, 0.15) is 53.1 Å². The first-order chi connectivity index (χ1) is 11.4. The summed E-state index contributed by atoms with van der Waals surface area (Å²) in [5.74, 6) is 0.0637. The molecular formula is C20H28N2OS. The zero-order valence-corrected chi connectivity index (χ0v) is 16.2. The monoisotopic (exact) mass is 344 g/mol. The van der Waals surface area contributed by atoms with Gasteiger partial charge >= 0.3 is 0 Å². The van der Waals surface area contributed by atoms with Crippen LogP contribution in [0.4, 0.5) is 5.00 Å². The van der Waals surface area contributed by atoms with Gasteiger partial charge in [-0.2, -0.15) is 0 Å². The highest BCUT2D eigenvalue weighted by Crippen LogP contribution is 2.39. The molecule has 130 valence electrons. The number of nitrogens with two attached hydrogens (primary N) is 1. The molecule has 0 spiro atoms. The molecule has 0 fully saturated rings. The fourth-order valence-electron chi connectivity index (χ4n) is 3.04. The van der Waals surface area contributed by atoms with Crippen molar-refractivity contribution >= 4 is 22.2 Å². The average molecular weight is 345 g/mol. The van der Waals surface area contributed by atoms with E-state index in [1.54, 1.807) is 0 Å². The van der Waals surface area contributed by atoms with Gasteiger partial charge in [-0.3, -0.25) is 4.79 Å². The molecule has 1 amide bonds. The van der Waals surface area contributed by atoms with E-state index in [2.05, 4.69) is 45.9 Å². The van der Waals surface area contributed by atoms with Crippen LogP contribution in [0.3, 0.4) is 0 Å². The quantitative estimate of drug-likeness (QED) is 0.784. The largest absolute Gasteiger partial charge is 0.390 e. The van der Waals surface area contributed by atoms with Gasteiger partial charge in [0.05, 0.1) is 10.6 Å². The first kappa shape index (κ1) is 18.5. The van der Waals surface area contributed by atoms with E-state index in [4.69, 9.17) is 5.73 Å². The molecule has 1 heterocycles. The van der Waals surface area contributed by atoms with Gasteiger partial charge in [0.2, 0.25) is 0 Å². The highest BCUT2D eigenvalue weighted by Gasteiger charge is 2.25. The molecule has 0 atom stereocenters. The summed E-state index contributed by atoms with van der Waals surface area (Å²) < 4.78 is 0. The number of carbonyl (C=O) groups is 1. The van der Waals surface area contributed by atoms with Crippen molar-refractivity contribution in [1.82, 2.24) is 4.90 Å². The lowest BCUT2D eigenvalue weighted by atomic mass is 9.97. The maximum Gasteiger partial charge on any atom is 0.257 e. The second-order valence-electron chi connectivity index (χ2n) is 6.36. The highest BCUT2D eigenvalue weighted by molar-refractivity contribution is 7.16. The van der Waals surface area contributed by atoms with Crippen LogP contribution in [0.2, 0.25) is 0 Å². The molecule has 1 aromatic carbocycles. The van der Waals surface area contributed by atoms with E-state index in [1.165, 1.54) is 22.5 Å². The fourth-order valence-corrected chi connectivity index (χ4v) is 3.98. The summed E-state index contributed by atoms with van der Waals surface area (Å²) in [7, 11) is 0. The Kier molecular flexibility index (Phi) is 6.05. The van der Waals surface area contributed by atoms with Crippen molar-refractivity contribution in [3.05, 3.63) is 39.8 Å². The van der Waals surface area contributed by atoms with Crippen LogP contribution in [-0.2, 0) is 0 Å². The molecule has 4 heteroatoms. The van der Waals surface area contributed by atoms with Gasteiger partial charge in [0.25, 0.3) is 5.91 Å². The molecule has 0 aliphatic carbocycles. The summed E-state index contributed by atoms with van der Waals surface area (Å²) in [6.45, 7) is 12.0. The maximum absolute atomic E-state index is 13.2. The first-order valence-corrected chi connectivity index (χ1v) is 9.48. The maximum atomic E-state index is 13.2. The van der Waals surface area contributed by atoms with Gasteiger partial charge in [-0.25, -0.2) is 0 Å². The number of hydrogen-bond acceptors (Lipinski definition) is 3. The Morgan fingerprint density at radius 1 is 1.08 bits per heavy atom. The molecular weight excluding hydrogens is 316 g/mol. The van der Waals surface area contributed by atoms with Crippen LogP contribution in [0.25, 0.3) is 11.1 Å². The van der Waals surface area contributed by atoms with Crippen molar-refractivity contribution in [3.8, 4) is 11.1 Å². The third-order valence-corrected chi connectivity index (χ3v) is 5.33. The Morgan fingerprint density at radius 2 is 1.71 bits per heavy atom. The third kappa shape index (κ3) is 3.64. The second kappa shape index (κ2) is 7.84. The number of nitrogens with zero attached hydrogens (tertiary/aromatic N) is 1. The van der Waals surface area contributed by atoms with E-state index in [0.717, 1.165) is 41.9 Å². The zero-order valence-electron chi connectivity index (χ0n) is 15.4. The summed E-state index contributed by atoms with van der Waals surface area (Å²) in [6, 6.07) is 6.37. The minimum Gasteiger partial charge on any atom is -0.390 e. The number of thiophene rings is 1.